The Morgan fingerprint density at radius 1 is 1.30 bits per heavy atom. The number of unbranched alkanes of at least 4 members (excludes halogenated alkanes) is 1. The molecule has 0 aliphatic rings. The van der Waals surface area contributed by atoms with Crippen molar-refractivity contribution >= 4 is 18.2 Å². The van der Waals surface area contributed by atoms with Crippen LogP contribution in [0.5, 0.6) is 5.75 Å². The molecule has 0 atom stereocenters. The molecule has 1 amide bonds. The van der Waals surface area contributed by atoms with Crippen molar-refractivity contribution in [3.8, 4) is 5.75 Å². The summed E-state index contributed by atoms with van der Waals surface area (Å²) in [6.45, 7) is 2.80. The molecule has 0 radical (unpaired) electrons. The van der Waals surface area contributed by atoms with Crippen molar-refractivity contribution in [2.24, 2.45) is 5.10 Å². The van der Waals surface area contributed by atoms with Crippen LogP contribution in [0.2, 0.25) is 0 Å². The quantitative estimate of drug-likeness (QED) is 0.457. The van der Waals surface area contributed by atoms with Gasteiger partial charge >= 0.3 is 0 Å². The Bertz CT molecular complexity index is 643. The predicted molar refractivity (Wildman–Crippen MR) is 90.5 cm³/mol. The molecule has 0 aliphatic heterocycles. The third-order valence-corrected chi connectivity index (χ3v) is 3.01. The number of hydrazone groups is 1. The van der Waals surface area contributed by atoms with Gasteiger partial charge in [-0.25, -0.2) is 5.43 Å². The van der Waals surface area contributed by atoms with Crippen molar-refractivity contribution in [2.45, 2.75) is 19.8 Å². The van der Waals surface area contributed by atoms with Crippen LogP contribution in [-0.2, 0) is 0 Å². The first kappa shape index (κ1) is 16.5. The van der Waals surface area contributed by atoms with Gasteiger partial charge in [-0.15, -0.1) is 0 Å². The lowest BCUT2D eigenvalue weighted by molar-refractivity contribution is 0.0955. The zero-order valence-corrected chi connectivity index (χ0v) is 13.1. The SMILES string of the molecule is CCCCOc1ccc(C(=O)NN=CC=Cc2ccco2)cc1. The highest BCUT2D eigenvalue weighted by molar-refractivity contribution is 5.94. The van der Waals surface area contributed by atoms with Crippen molar-refractivity contribution < 1.29 is 13.9 Å². The fourth-order valence-electron chi connectivity index (χ4n) is 1.76. The second-order valence-electron chi connectivity index (χ2n) is 4.82. The molecule has 0 saturated carbocycles. The Morgan fingerprint density at radius 2 is 2.13 bits per heavy atom. The van der Waals surface area contributed by atoms with Gasteiger partial charge in [-0.2, -0.15) is 5.10 Å². The van der Waals surface area contributed by atoms with Gasteiger partial charge in [-0.3, -0.25) is 4.79 Å². The highest BCUT2D eigenvalue weighted by Crippen LogP contribution is 2.12. The average molecular weight is 312 g/mol. The summed E-state index contributed by atoms with van der Waals surface area (Å²) in [5.74, 6) is 1.22. The molecule has 0 bridgehead atoms. The maximum atomic E-state index is 11.9. The number of amides is 1. The van der Waals surface area contributed by atoms with Gasteiger partial charge in [0.1, 0.15) is 11.5 Å². The van der Waals surface area contributed by atoms with Gasteiger partial charge in [0.25, 0.3) is 5.91 Å². The van der Waals surface area contributed by atoms with Crippen LogP contribution < -0.4 is 10.2 Å². The summed E-state index contributed by atoms with van der Waals surface area (Å²) in [5, 5.41) is 3.85. The molecule has 1 aromatic heterocycles. The highest BCUT2D eigenvalue weighted by Gasteiger charge is 2.03. The number of benzene rings is 1. The number of furan rings is 1. The monoisotopic (exact) mass is 312 g/mol. The number of allylic oxidation sites excluding steroid dienone is 1. The molecule has 120 valence electrons. The van der Waals surface area contributed by atoms with Crippen LogP contribution in [0.25, 0.3) is 6.08 Å². The maximum absolute atomic E-state index is 11.9. The molecule has 5 nitrogen and oxygen atoms in total. The van der Waals surface area contributed by atoms with E-state index in [-0.39, 0.29) is 5.91 Å². The number of nitrogens with zero attached hydrogens (tertiary/aromatic N) is 1. The first-order valence-electron chi connectivity index (χ1n) is 7.56. The third kappa shape index (κ3) is 5.82. The topological polar surface area (TPSA) is 63.8 Å². The molecule has 0 aliphatic carbocycles. The van der Waals surface area contributed by atoms with E-state index in [1.165, 1.54) is 6.21 Å². The van der Waals surface area contributed by atoms with Crippen molar-refractivity contribution in [2.75, 3.05) is 6.61 Å². The minimum absolute atomic E-state index is 0.271. The largest absolute Gasteiger partial charge is 0.494 e. The lowest BCUT2D eigenvalue weighted by Gasteiger charge is -2.05. The molecule has 5 heteroatoms. The zero-order valence-electron chi connectivity index (χ0n) is 13.1. The Balaban J connectivity index is 1.78. The van der Waals surface area contributed by atoms with Gasteiger partial charge < -0.3 is 9.15 Å². The Hall–Kier alpha value is -2.82. The second kappa shape index (κ2) is 9.25. The van der Waals surface area contributed by atoms with Crippen molar-refractivity contribution in [1.82, 2.24) is 5.43 Å². The molecule has 1 aromatic carbocycles. The third-order valence-electron chi connectivity index (χ3n) is 3.01. The number of carbonyl (C=O) groups is 1. The zero-order chi connectivity index (χ0) is 16.3. The average Bonchev–Trinajstić information content (AvgIpc) is 3.08. The number of nitrogens with one attached hydrogen (secondary N) is 1. The van der Waals surface area contributed by atoms with E-state index in [2.05, 4.69) is 17.5 Å². The molecule has 2 aromatic rings. The van der Waals surface area contributed by atoms with Crippen molar-refractivity contribution in [1.29, 1.82) is 0 Å². The summed E-state index contributed by atoms with van der Waals surface area (Å²) in [4.78, 5) is 11.9. The summed E-state index contributed by atoms with van der Waals surface area (Å²) < 4.78 is 10.7. The Kier molecular flexibility index (Phi) is 6.65. The van der Waals surface area contributed by atoms with Crippen LogP contribution >= 0.6 is 0 Å². The van der Waals surface area contributed by atoms with E-state index < -0.39 is 0 Å². The van der Waals surface area contributed by atoms with E-state index in [4.69, 9.17) is 9.15 Å². The van der Waals surface area contributed by atoms with Crippen molar-refractivity contribution in [3.05, 3.63) is 60.1 Å². The fraction of sp³-hybridized carbons (Fsp3) is 0.222. The Morgan fingerprint density at radius 3 is 2.83 bits per heavy atom. The molecule has 0 unspecified atom stereocenters. The van der Waals surface area contributed by atoms with E-state index in [0.717, 1.165) is 24.4 Å². The molecular formula is C18H20N2O3. The van der Waals surface area contributed by atoms with Crippen LogP contribution in [0.3, 0.4) is 0 Å². The van der Waals surface area contributed by atoms with Gasteiger partial charge in [0, 0.05) is 11.8 Å². The van der Waals surface area contributed by atoms with Crippen LogP contribution in [0.4, 0.5) is 0 Å². The minimum atomic E-state index is -0.271. The van der Waals surface area contributed by atoms with Crippen molar-refractivity contribution in [3.63, 3.8) is 0 Å². The van der Waals surface area contributed by atoms with Gasteiger partial charge in [-0.1, -0.05) is 13.3 Å². The summed E-state index contributed by atoms with van der Waals surface area (Å²) in [7, 11) is 0. The van der Waals surface area contributed by atoms with E-state index in [1.54, 1.807) is 48.7 Å². The van der Waals surface area contributed by atoms with E-state index >= 15 is 0 Å². The van der Waals surface area contributed by atoms with Gasteiger partial charge in [0.05, 0.1) is 12.9 Å². The van der Waals surface area contributed by atoms with Crippen LogP contribution in [-0.4, -0.2) is 18.7 Å². The van der Waals surface area contributed by atoms with Gasteiger partial charge in [0.15, 0.2) is 0 Å². The smallest absolute Gasteiger partial charge is 0.271 e. The number of hydrogen-bond donors (Lipinski definition) is 1. The minimum Gasteiger partial charge on any atom is -0.494 e. The molecular weight excluding hydrogens is 292 g/mol. The van der Waals surface area contributed by atoms with E-state index in [0.29, 0.717) is 12.2 Å². The predicted octanol–water partition coefficient (Wildman–Crippen LogP) is 3.89. The van der Waals surface area contributed by atoms with Gasteiger partial charge in [-0.05, 0) is 55.0 Å². The molecule has 0 saturated heterocycles. The summed E-state index contributed by atoms with van der Waals surface area (Å²) in [5.41, 5.74) is 2.99. The van der Waals surface area contributed by atoms with Crippen LogP contribution in [0, 0.1) is 0 Å². The van der Waals surface area contributed by atoms with E-state index in [1.807, 2.05) is 6.07 Å². The van der Waals surface area contributed by atoms with Gasteiger partial charge in [0.2, 0.25) is 0 Å². The Labute approximate surface area is 135 Å². The standard InChI is InChI=1S/C18H20N2O3/c1-2-3-13-22-17-10-8-15(9-11-17)18(21)20-19-12-4-6-16-7-5-14-23-16/h4-12,14H,2-3,13H2,1H3,(H,20,21). The number of ether oxygens (including phenoxy) is 1. The van der Waals surface area contributed by atoms with Crippen LogP contribution in [0.15, 0.2) is 58.3 Å². The first-order valence-corrected chi connectivity index (χ1v) is 7.56. The molecule has 1 N–H and O–H groups in total. The normalized spacial score (nSPS) is 11.2. The molecule has 0 fully saturated rings. The second-order valence-corrected chi connectivity index (χ2v) is 4.82. The summed E-state index contributed by atoms with van der Waals surface area (Å²) in [6, 6.07) is 10.6. The lowest BCUT2D eigenvalue weighted by Crippen LogP contribution is -2.17. The molecule has 0 spiro atoms. The molecule has 23 heavy (non-hydrogen) atoms. The number of hydrogen-bond acceptors (Lipinski definition) is 4. The van der Waals surface area contributed by atoms with E-state index in [9.17, 15) is 4.79 Å². The number of rotatable bonds is 8. The fourth-order valence-corrected chi connectivity index (χ4v) is 1.76. The summed E-state index contributed by atoms with van der Waals surface area (Å²) in [6.07, 6.45) is 8.62. The van der Waals surface area contributed by atoms with Crippen LogP contribution in [0.1, 0.15) is 35.9 Å². The highest BCUT2D eigenvalue weighted by atomic mass is 16.5. The first-order chi connectivity index (χ1) is 11.3. The molecule has 1 heterocycles. The number of carbonyl (C=O) groups excluding carboxylic acids is 1. The molecule has 2 rings (SSSR count). The maximum Gasteiger partial charge on any atom is 0.271 e. The summed E-state index contributed by atoms with van der Waals surface area (Å²) >= 11 is 0. The lowest BCUT2D eigenvalue weighted by atomic mass is 10.2.